The van der Waals surface area contributed by atoms with E-state index in [2.05, 4.69) is 38.2 Å². The van der Waals surface area contributed by atoms with Gasteiger partial charge in [0.25, 0.3) is 0 Å². The third-order valence-corrected chi connectivity index (χ3v) is 2.91. The van der Waals surface area contributed by atoms with Crippen molar-refractivity contribution in [3.05, 3.63) is 23.8 Å². The van der Waals surface area contributed by atoms with Gasteiger partial charge in [-0.2, -0.15) is 0 Å². The Kier molecular flexibility index (Phi) is 4.82. The molecule has 0 aliphatic carbocycles. The van der Waals surface area contributed by atoms with Crippen LogP contribution in [0.2, 0.25) is 0 Å². The van der Waals surface area contributed by atoms with Crippen molar-refractivity contribution < 1.29 is 4.74 Å². The average molecular weight is 236 g/mol. The van der Waals surface area contributed by atoms with Gasteiger partial charge >= 0.3 is 0 Å². The summed E-state index contributed by atoms with van der Waals surface area (Å²) >= 11 is 0. The van der Waals surface area contributed by atoms with Crippen LogP contribution in [0.1, 0.15) is 32.8 Å². The van der Waals surface area contributed by atoms with E-state index in [-0.39, 0.29) is 5.54 Å². The SMILES string of the molecule is CCc1ccc(OC)c(NC(C)(C)CCN)c1. The van der Waals surface area contributed by atoms with Gasteiger partial charge in [-0.3, -0.25) is 0 Å². The first-order chi connectivity index (χ1) is 8.02. The normalized spacial score (nSPS) is 11.4. The number of rotatable bonds is 6. The van der Waals surface area contributed by atoms with Gasteiger partial charge in [0, 0.05) is 5.54 Å². The monoisotopic (exact) mass is 236 g/mol. The molecule has 96 valence electrons. The van der Waals surface area contributed by atoms with Crippen LogP contribution in [0.4, 0.5) is 5.69 Å². The molecule has 0 amide bonds. The standard InChI is InChI=1S/C14H24N2O/c1-5-11-6-7-13(17-4)12(10-11)16-14(2,3)8-9-15/h6-7,10,16H,5,8-9,15H2,1-4H3. The van der Waals surface area contributed by atoms with E-state index in [1.807, 2.05) is 6.07 Å². The molecule has 0 heterocycles. The van der Waals surface area contributed by atoms with Crippen molar-refractivity contribution in [2.75, 3.05) is 19.0 Å². The zero-order valence-corrected chi connectivity index (χ0v) is 11.3. The molecule has 0 spiro atoms. The van der Waals surface area contributed by atoms with Gasteiger partial charge in [0.15, 0.2) is 0 Å². The van der Waals surface area contributed by atoms with Crippen LogP contribution in [0.5, 0.6) is 5.75 Å². The summed E-state index contributed by atoms with van der Waals surface area (Å²) in [4.78, 5) is 0. The smallest absolute Gasteiger partial charge is 0.141 e. The number of ether oxygens (including phenoxy) is 1. The van der Waals surface area contributed by atoms with Crippen LogP contribution in [0.3, 0.4) is 0 Å². The van der Waals surface area contributed by atoms with Crippen molar-refractivity contribution in [2.45, 2.75) is 39.2 Å². The topological polar surface area (TPSA) is 47.3 Å². The molecule has 0 aliphatic heterocycles. The van der Waals surface area contributed by atoms with Crippen molar-refractivity contribution >= 4 is 5.69 Å². The molecule has 0 saturated heterocycles. The summed E-state index contributed by atoms with van der Waals surface area (Å²) in [6, 6.07) is 6.26. The van der Waals surface area contributed by atoms with E-state index < -0.39 is 0 Å². The van der Waals surface area contributed by atoms with Crippen LogP contribution in [0, 0.1) is 0 Å². The zero-order chi connectivity index (χ0) is 12.9. The van der Waals surface area contributed by atoms with Crippen LogP contribution in [-0.2, 0) is 6.42 Å². The first-order valence-corrected chi connectivity index (χ1v) is 6.17. The molecule has 0 radical (unpaired) electrons. The molecule has 0 atom stereocenters. The number of anilines is 1. The molecular formula is C14H24N2O. The highest BCUT2D eigenvalue weighted by molar-refractivity contribution is 5.59. The second-order valence-electron chi connectivity index (χ2n) is 4.94. The lowest BCUT2D eigenvalue weighted by Crippen LogP contribution is -2.33. The molecule has 0 aromatic heterocycles. The summed E-state index contributed by atoms with van der Waals surface area (Å²) < 4.78 is 5.38. The number of aryl methyl sites for hydroxylation is 1. The van der Waals surface area contributed by atoms with Gasteiger partial charge < -0.3 is 15.8 Å². The first-order valence-electron chi connectivity index (χ1n) is 6.17. The van der Waals surface area contributed by atoms with Crippen molar-refractivity contribution in [1.29, 1.82) is 0 Å². The van der Waals surface area contributed by atoms with E-state index >= 15 is 0 Å². The first kappa shape index (κ1) is 13.8. The Morgan fingerprint density at radius 1 is 1.35 bits per heavy atom. The van der Waals surface area contributed by atoms with Crippen LogP contribution >= 0.6 is 0 Å². The van der Waals surface area contributed by atoms with Gasteiger partial charge in [-0.05, 0) is 50.9 Å². The fraction of sp³-hybridized carbons (Fsp3) is 0.571. The van der Waals surface area contributed by atoms with Gasteiger partial charge in [0.05, 0.1) is 12.8 Å². The largest absolute Gasteiger partial charge is 0.495 e. The molecule has 3 heteroatoms. The van der Waals surface area contributed by atoms with Gasteiger partial charge in [0.1, 0.15) is 5.75 Å². The second-order valence-corrected chi connectivity index (χ2v) is 4.94. The highest BCUT2D eigenvalue weighted by Gasteiger charge is 2.18. The molecule has 0 bridgehead atoms. The Morgan fingerprint density at radius 2 is 2.06 bits per heavy atom. The second kappa shape index (κ2) is 5.92. The number of benzene rings is 1. The third-order valence-electron chi connectivity index (χ3n) is 2.91. The molecule has 0 aliphatic rings. The molecule has 3 nitrogen and oxygen atoms in total. The molecule has 1 rings (SSSR count). The van der Waals surface area contributed by atoms with Crippen LogP contribution in [0.25, 0.3) is 0 Å². The summed E-state index contributed by atoms with van der Waals surface area (Å²) in [6.45, 7) is 7.13. The van der Waals surface area contributed by atoms with Crippen LogP contribution in [-0.4, -0.2) is 19.2 Å². The maximum Gasteiger partial charge on any atom is 0.141 e. The Balaban J connectivity index is 2.94. The summed E-state index contributed by atoms with van der Waals surface area (Å²) in [5.74, 6) is 0.882. The molecule has 1 aromatic carbocycles. The van der Waals surface area contributed by atoms with E-state index in [0.717, 1.165) is 24.3 Å². The molecule has 0 unspecified atom stereocenters. The fourth-order valence-electron chi connectivity index (χ4n) is 1.86. The summed E-state index contributed by atoms with van der Waals surface area (Å²) in [5, 5.41) is 3.51. The molecule has 0 saturated carbocycles. The summed E-state index contributed by atoms with van der Waals surface area (Å²) in [5.41, 5.74) is 7.95. The maximum absolute atomic E-state index is 5.62. The van der Waals surface area contributed by atoms with Crippen LogP contribution in [0.15, 0.2) is 18.2 Å². The third kappa shape index (κ3) is 3.93. The molecule has 0 fully saturated rings. The van der Waals surface area contributed by atoms with Crippen LogP contribution < -0.4 is 15.8 Å². The van der Waals surface area contributed by atoms with E-state index in [1.165, 1.54) is 5.56 Å². The molecule has 1 aromatic rings. The minimum Gasteiger partial charge on any atom is -0.495 e. The number of nitrogens with one attached hydrogen (secondary N) is 1. The van der Waals surface area contributed by atoms with Gasteiger partial charge in [-0.15, -0.1) is 0 Å². The van der Waals surface area contributed by atoms with E-state index in [9.17, 15) is 0 Å². The predicted octanol–water partition coefficient (Wildman–Crippen LogP) is 2.80. The number of hydrogen-bond donors (Lipinski definition) is 2. The lowest BCUT2D eigenvalue weighted by Gasteiger charge is -2.28. The Labute approximate surface area is 104 Å². The molecule has 17 heavy (non-hydrogen) atoms. The summed E-state index contributed by atoms with van der Waals surface area (Å²) in [7, 11) is 1.70. The quantitative estimate of drug-likeness (QED) is 0.798. The minimum absolute atomic E-state index is 0.0194. The highest BCUT2D eigenvalue weighted by Crippen LogP contribution is 2.29. The number of hydrogen-bond acceptors (Lipinski definition) is 3. The van der Waals surface area contributed by atoms with Gasteiger partial charge in [-0.1, -0.05) is 13.0 Å². The van der Waals surface area contributed by atoms with E-state index in [0.29, 0.717) is 6.54 Å². The van der Waals surface area contributed by atoms with Gasteiger partial charge in [-0.25, -0.2) is 0 Å². The maximum atomic E-state index is 5.62. The van der Waals surface area contributed by atoms with E-state index in [4.69, 9.17) is 10.5 Å². The number of methoxy groups -OCH3 is 1. The van der Waals surface area contributed by atoms with Crippen molar-refractivity contribution in [3.8, 4) is 5.75 Å². The Bertz CT molecular complexity index is 361. The van der Waals surface area contributed by atoms with Crippen molar-refractivity contribution in [1.82, 2.24) is 0 Å². The zero-order valence-electron chi connectivity index (χ0n) is 11.3. The van der Waals surface area contributed by atoms with Crippen molar-refractivity contribution in [2.24, 2.45) is 5.73 Å². The Morgan fingerprint density at radius 3 is 2.59 bits per heavy atom. The Hall–Kier alpha value is -1.22. The lowest BCUT2D eigenvalue weighted by atomic mass is 9.99. The predicted molar refractivity (Wildman–Crippen MR) is 73.7 cm³/mol. The lowest BCUT2D eigenvalue weighted by molar-refractivity contribution is 0.413. The summed E-state index contributed by atoms with van der Waals surface area (Å²) in [6.07, 6.45) is 1.95. The fourth-order valence-corrected chi connectivity index (χ4v) is 1.86. The molecular weight excluding hydrogens is 212 g/mol. The highest BCUT2D eigenvalue weighted by atomic mass is 16.5. The van der Waals surface area contributed by atoms with E-state index in [1.54, 1.807) is 7.11 Å². The minimum atomic E-state index is -0.0194. The average Bonchev–Trinajstić information content (AvgIpc) is 2.28. The van der Waals surface area contributed by atoms with Gasteiger partial charge in [0.2, 0.25) is 0 Å². The number of nitrogens with two attached hydrogens (primary N) is 1. The van der Waals surface area contributed by atoms with Crippen molar-refractivity contribution in [3.63, 3.8) is 0 Å². The molecule has 3 N–H and O–H groups in total.